The predicted molar refractivity (Wildman–Crippen MR) is 75.3 cm³/mol. The molecule has 1 unspecified atom stereocenters. The monoisotopic (exact) mass is 355 g/mol. The molecule has 0 amide bonds. The Kier molecular flexibility index (Phi) is 6.07. The number of aliphatic hydroxyl groups is 1. The predicted octanol–water partition coefficient (Wildman–Crippen LogP) is 2.54. The van der Waals surface area contributed by atoms with Gasteiger partial charge in [0.15, 0.2) is 0 Å². The zero-order valence-electron chi connectivity index (χ0n) is 9.86. The summed E-state index contributed by atoms with van der Waals surface area (Å²) in [6, 6.07) is 4.43. The minimum absolute atomic E-state index is 0.163. The van der Waals surface area contributed by atoms with Crippen LogP contribution in [-0.2, 0) is 10.0 Å². The van der Waals surface area contributed by atoms with Crippen LogP contribution in [0.4, 0.5) is 0 Å². The molecule has 18 heavy (non-hydrogen) atoms. The molecule has 0 saturated heterocycles. The van der Waals surface area contributed by atoms with Crippen molar-refractivity contribution in [2.75, 3.05) is 6.54 Å². The standard InChI is InChI=1S/C11H15BrClNO3S/c1-8(15)3-2-6-14-18(16,17)9-4-5-11(13)10(12)7-9/h4-5,7-8,14-15H,2-3,6H2,1H3. The lowest BCUT2D eigenvalue weighted by atomic mass is 10.2. The minimum Gasteiger partial charge on any atom is -0.393 e. The Balaban J connectivity index is 2.66. The summed E-state index contributed by atoms with van der Waals surface area (Å²) in [5.41, 5.74) is 0. The number of hydrogen-bond acceptors (Lipinski definition) is 3. The molecular weight excluding hydrogens is 342 g/mol. The number of rotatable bonds is 6. The summed E-state index contributed by atoms with van der Waals surface area (Å²) in [5.74, 6) is 0. The van der Waals surface area contributed by atoms with Crippen molar-refractivity contribution in [1.82, 2.24) is 4.72 Å². The molecule has 0 aliphatic heterocycles. The highest BCUT2D eigenvalue weighted by Crippen LogP contribution is 2.25. The summed E-state index contributed by atoms with van der Waals surface area (Å²) in [6.45, 7) is 1.97. The molecule has 0 heterocycles. The van der Waals surface area contributed by atoms with Gasteiger partial charge in [0, 0.05) is 11.0 Å². The van der Waals surface area contributed by atoms with Crippen LogP contribution in [0.5, 0.6) is 0 Å². The van der Waals surface area contributed by atoms with Crippen molar-refractivity contribution in [3.63, 3.8) is 0 Å². The van der Waals surface area contributed by atoms with E-state index in [-0.39, 0.29) is 4.90 Å². The lowest BCUT2D eigenvalue weighted by molar-refractivity contribution is 0.182. The van der Waals surface area contributed by atoms with E-state index in [0.29, 0.717) is 28.9 Å². The molecule has 102 valence electrons. The Morgan fingerprint density at radius 2 is 2.17 bits per heavy atom. The Labute approximate surface area is 121 Å². The van der Waals surface area contributed by atoms with Gasteiger partial charge in [0.25, 0.3) is 0 Å². The van der Waals surface area contributed by atoms with Gasteiger partial charge in [-0.2, -0.15) is 0 Å². The summed E-state index contributed by atoms with van der Waals surface area (Å²) in [7, 11) is -3.52. The molecule has 1 atom stereocenters. The van der Waals surface area contributed by atoms with E-state index in [9.17, 15) is 8.42 Å². The maximum atomic E-state index is 11.9. The second kappa shape index (κ2) is 6.86. The highest BCUT2D eigenvalue weighted by atomic mass is 79.9. The van der Waals surface area contributed by atoms with Crippen molar-refractivity contribution in [3.05, 3.63) is 27.7 Å². The van der Waals surface area contributed by atoms with Crippen LogP contribution in [-0.4, -0.2) is 26.2 Å². The molecule has 2 N–H and O–H groups in total. The van der Waals surface area contributed by atoms with Gasteiger partial charge in [-0.05, 0) is 53.9 Å². The van der Waals surface area contributed by atoms with Gasteiger partial charge in [-0.3, -0.25) is 0 Å². The van der Waals surface area contributed by atoms with Gasteiger partial charge in [-0.15, -0.1) is 0 Å². The lowest BCUT2D eigenvalue weighted by Crippen LogP contribution is -2.25. The molecule has 0 fully saturated rings. The third-order valence-corrected chi connectivity index (χ3v) is 4.96. The van der Waals surface area contributed by atoms with Crippen LogP contribution in [0.25, 0.3) is 0 Å². The van der Waals surface area contributed by atoms with E-state index in [1.54, 1.807) is 6.92 Å². The van der Waals surface area contributed by atoms with E-state index in [1.807, 2.05) is 0 Å². The van der Waals surface area contributed by atoms with Gasteiger partial charge in [-0.25, -0.2) is 13.1 Å². The van der Waals surface area contributed by atoms with Gasteiger partial charge >= 0.3 is 0 Å². The first-order valence-electron chi connectivity index (χ1n) is 5.45. The van der Waals surface area contributed by atoms with Crippen LogP contribution < -0.4 is 4.72 Å². The van der Waals surface area contributed by atoms with Gasteiger partial charge in [-0.1, -0.05) is 11.6 Å². The Morgan fingerprint density at radius 1 is 1.50 bits per heavy atom. The SMILES string of the molecule is CC(O)CCCNS(=O)(=O)c1ccc(Cl)c(Br)c1. The lowest BCUT2D eigenvalue weighted by Gasteiger charge is -2.08. The summed E-state index contributed by atoms with van der Waals surface area (Å²) in [6.07, 6.45) is 0.734. The van der Waals surface area contributed by atoms with E-state index in [1.165, 1.54) is 18.2 Å². The van der Waals surface area contributed by atoms with E-state index >= 15 is 0 Å². The molecule has 7 heteroatoms. The molecule has 0 aliphatic rings. The van der Waals surface area contributed by atoms with Gasteiger partial charge in [0.05, 0.1) is 16.0 Å². The summed E-state index contributed by atoms with van der Waals surface area (Å²) in [5, 5.41) is 9.53. The van der Waals surface area contributed by atoms with Crippen LogP contribution in [0, 0.1) is 0 Å². The minimum atomic E-state index is -3.52. The van der Waals surface area contributed by atoms with Crippen LogP contribution in [0.1, 0.15) is 19.8 Å². The summed E-state index contributed by atoms with van der Waals surface area (Å²) >= 11 is 8.98. The first kappa shape index (κ1) is 15.9. The average Bonchev–Trinajstić information content (AvgIpc) is 2.28. The molecule has 0 spiro atoms. The highest BCUT2D eigenvalue weighted by Gasteiger charge is 2.14. The van der Waals surface area contributed by atoms with Crippen LogP contribution in [0.15, 0.2) is 27.6 Å². The molecule has 1 rings (SSSR count). The second-order valence-electron chi connectivity index (χ2n) is 3.96. The quantitative estimate of drug-likeness (QED) is 0.770. The average molecular weight is 357 g/mol. The fraction of sp³-hybridized carbons (Fsp3) is 0.455. The van der Waals surface area contributed by atoms with E-state index in [2.05, 4.69) is 20.7 Å². The number of aliphatic hydroxyl groups excluding tert-OH is 1. The van der Waals surface area contributed by atoms with Crippen molar-refractivity contribution in [1.29, 1.82) is 0 Å². The fourth-order valence-electron chi connectivity index (χ4n) is 1.33. The Hall–Kier alpha value is -0.140. The molecule has 0 aromatic heterocycles. The smallest absolute Gasteiger partial charge is 0.240 e. The Morgan fingerprint density at radius 3 is 2.72 bits per heavy atom. The van der Waals surface area contributed by atoms with E-state index < -0.39 is 16.1 Å². The summed E-state index contributed by atoms with van der Waals surface area (Å²) in [4.78, 5) is 0.163. The van der Waals surface area contributed by atoms with Crippen LogP contribution in [0.3, 0.4) is 0 Å². The topological polar surface area (TPSA) is 66.4 Å². The summed E-state index contributed by atoms with van der Waals surface area (Å²) < 4.78 is 26.8. The van der Waals surface area contributed by atoms with Gasteiger partial charge < -0.3 is 5.11 Å². The number of nitrogens with one attached hydrogen (secondary N) is 1. The molecule has 1 aromatic carbocycles. The largest absolute Gasteiger partial charge is 0.393 e. The zero-order chi connectivity index (χ0) is 13.8. The second-order valence-corrected chi connectivity index (χ2v) is 6.99. The number of halogens is 2. The van der Waals surface area contributed by atoms with Crippen molar-refractivity contribution in [2.45, 2.75) is 30.8 Å². The fourth-order valence-corrected chi connectivity index (χ4v) is 3.08. The van der Waals surface area contributed by atoms with Crippen LogP contribution in [0.2, 0.25) is 5.02 Å². The maximum absolute atomic E-state index is 11.9. The molecule has 1 aromatic rings. The Bertz CT molecular complexity index is 505. The molecule has 0 aliphatic carbocycles. The van der Waals surface area contributed by atoms with E-state index in [0.717, 1.165) is 0 Å². The molecule has 0 saturated carbocycles. The zero-order valence-corrected chi connectivity index (χ0v) is 13.0. The van der Waals surface area contributed by atoms with Crippen LogP contribution >= 0.6 is 27.5 Å². The van der Waals surface area contributed by atoms with Crippen molar-refractivity contribution >= 4 is 37.6 Å². The van der Waals surface area contributed by atoms with Crippen molar-refractivity contribution in [2.24, 2.45) is 0 Å². The molecule has 0 bridgehead atoms. The van der Waals surface area contributed by atoms with Gasteiger partial charge in [0.2, 0.25) is 10.0 Å². The molecule has 0 radical (unpaired) electrons. The number of sulfonamides is 1. The first-order chi connectivity index (χ1) is 8.33. The normalized spacial score (nSPS) is 13.6. The van der Waals surface area contributed by atoms with Gasteiger partial charge in [0.1, 0.15) is 0 Å². The third kappa shape index (κ3) is 4.85. The van der Waals surface area contributed by atoms with Crippen molar-refractivity contribution in [3.8, 4) is 0 Å². The highest BCUT2D eigenvalue weighted by molar-refractivity contribution is 9.10. The molecular formula is C11H15BrClNO3S. The molecule has 4 nitrogen and oxygen atoms in total. The van der Waals surface area contributed by atoms with Crippen molar-refractivity contribution < 1.29 is 13.5 Å². The number of benzene rings is 1. The maximum Gasteiger partial charge on any atom is 0.240 e. The third-order valence-electron chi connectivity index (χ3n) is 2.29. The number of hydrogen-bond donors (Lipinski definition) is 2. The van der Waals surface area contributed by atoms with E-state index in [4.69, 9.17) is 16.7 Å². The first-order valence-corrected chi connectivity index (χ1v) is 8.11.